The Morgan fingerprint density at radius 3 is 2.24 bits per heavy atom. The number of hydrogen-bond acceptors (Lipinski definition) is 3. The monoisotopic (exact) mass is 579 g/mol. The Morgan fingerprint density at radius 1 is 0.857 bits per heavy atom. The molecule has 0 unspecified atom stereocenters. The molecule has 42 heavy (non-hydrogen) atoms. The Bertz CT molecular complexity index is 1890. The minimum absolute atomic E-state index is 0.0977. The number of nitrogens with two attached hydrogens (primary N) is 1. The number of fused-ring (bicyclic) bond motifs is 1. The predicted molar refractivity (Wildman–Crippen MR) is 170 cm³/mol. The summed E-state index contributed by atoms with van der Waals surface area (Å²) in [5.74, 6) is 0.328. The van der Waals surface area contributed by atoms with Gasteiger partial charge < -0.3 is 9.88 Å². The summed E-state index contributed by atoms with van der Waals surface area (Å²) in [6, 6.07) is 28.8. The van der Waals surface area contributed by atoms with Gasteiger partial charge in [0.05, 0.1) is 10.9 Å². The smallest absolute Gasteiger partial charge is 0.251 e. The van der Waals surface area contributed by atoms with E-state index in [-0.39, 0.29) is 16.8 Å². The van der Waals surface area contributed by atoms with Crippen LogP contribution in [-0.2, 0) is 16.6 Å². The van der Waals surface area contributed by atoms with Crippen LogP contribution in [0.15, 0.2) is 95.9 Å². The molecule has 216 valence electrons. The number of sulfonamides is 1. The molecule has 1 amide bonds. The van der Waals surface area contributed by atoms with E-state index in [0.29, 0.717) is 23.6 Å². The van der Waals surface area contributed by atoms with Crippen molar-refractivity contribution in [1.29, 1.82) is 0 Å². The zero-order valence-corrected chi connectivity index (χ0v) is 25.5. The van der Waals surface area contributed by atoms with Gasteiger partial charge in [0.2, 0.25) is 10.0 Å². The summed E-state index contributed by atoms with van der Waals surface area (Å²) in [6.45, 7) is 11.2. The fraction of sp³-hybridized carbons (Fsp3) is 0.229. The highest BCUT2D eigenvalue weighted by Crippen LogP contribution is 2.30. The molecule has 0 aliphatic rings. The third-order valence-electron chi connectivity index (χ3n) is 8.13. The van der Waals surface area contributed by atoms with Gasteiger partial charge in [-0.2, -0.15) is 0 Å². The minimum Gasteiger partial charge on any atom is -0.346 e. The highest BCUT2D eigenvalue weighted by Gasteiger charge is 2.18. The van der Waals surface area contributed by atoms with E-state index in [9.17, 15) is 13.2 Å². The maximum atomic E-state index is 13.3. The molecule has 0 saturated heterocycles. The molecule has 0 fully saturated rings. The number of primary sulfonamides is 1. The van der Waals surface area contributed by atoms with E-state index < -0.39 is 10.0 Å². The molecule has 0 aliphatic heterocycles. The molecule has 6 nitrogen and oxygen atoms in total. The Labute approximate surface area is 248 Å². The van der Waals surface area contributed by atoms with E-state index in [2.05, 4.69) is 55.8 Å². The molecule has 0 radical (unpaired) electrons. The Kier molecular flexibility index (Phi) is 8.08. The Morgan fingerprint density at radius 2 is 1.55 bits per heavy atom. The number of hydrogen-bond donors (Lipinski definition) is 2. The Hall–Kier alpha value is -4.20. The van der Waals surface area contributed by atoms with Gasteiger partial charge in [0.15, 0.2) is 0 Å². The van der Waals surface area contributed by atoms with Crippen molar-refractivity contribution in [2.24, 2.45) is 5.14 Å². The van der Waals surface area contributed by atoms with E-state index in [1.807, 2.05) is 55.5 Å². The van der Waals surface area contributed by atoms with E-state index in [1.54, 1.807) is 18.2 Å². The van der Waals surface area contributed by atoms with Crippen molar-refractivity contribution < 1.29 is 13.2 Å². The fourth-order valence-electron chi connectivity index (χ4n) is 5.47. The summed E-state index contributed by atoms with van der Waals surface area (Å²) in [5, 5.41) is 9.65. The van der Waals surface area contributed by atoms with Crippen LogP contribution in [0.5, 0.6) is 0 Å². The van der Waals surface area contributed by atoms with Gasteiger partial charge in [0, 0.05) is 34.3 Å². The summed E-state index contributed by atoms with van der Waals surface area (Å²) >= 11 is 0. The predicted octanol–water partition coefficient (Wildman–Crippen LogP) is 7.24. The molecule has 1 heterocycles. The number of nitrogens with zero attached hydrogens (tertiary/aromatic N) is 1. The number of amides is 1. The molecular weight excluding hydrogens is 542 g/mol. The van der Waals surface area contributed by atoms with E-state index in [4.69, 9.17) is 5.14 Å². The Balaban J connectivity index is 1.38. The molecule has 7 heteroatoms. The van der Waals surface area contributed by atoms with E-state index >= 15 is 0 Å². The number of rotatable bonds is 8. The van der Waals surface area contributed by atoms with Crippen molar-refractivity contribution in [1.82, 2.24) is 9.88 Å². The molecule has 5 aromatic rings. The second kappa shape index (κ2) is 11.6. The summed E-state index contributed by atoms with van der Waals surface area (Å²) in [6.07, 6.45) is 0. The number of benzene rings is 4. The quantitative estimate of drug-likeness (QED) is 0.203. The molecule has 1 aromatic heterocycles. The first kappa shape index (κ1) is 29.3. The fourth-order valence-corrected chi connectivity index (χ4v) is 6.23. The van der Waals surface area contributed by atoms with Gasteiger partial charge >= 0.3 is 0 Å². The van der Waals surface area contributed by atoms with Gasteiger partial charge in [-0.25, -0.2) is 13.6 Å². The molecule has 0 spiro atoms. The molecule has 1 atom stereocenters. The zero-order chi connectivity index (χ0) is 30.2. The molecule has 4 aromatic carbocycles. The maximum Gasteiger partial charge on any atom is 0.251 e. The lowest BCUT2D eigenvalue weighted by Crippen LogP contribution is -2.26. The van der Waals surface area contributed by atoms with Gasteiger partial charge in [-0.15, -0.1) is 0 Å². The van der Waals surface area contributed by atoms with Crippen LogP contribution in [0.1, 0.15) is 71.0 Å². The lowest BCUT2D eigenvalue weighted by molar-refractivity contribution is 0.0940. The van der Waals surface area contributed by atoms with Crippen molar-refractivity contribution in [3.05, 3.63) is 125 Å². The summed E-state index contributed by atoms with van der Waals surface area (Å²) < 4.78 is 26.4. The number of aromatic nitrogens is 1. The number of nitrogens with one attached hydrogen (secondary N) is 1. The van der Waals surface area contributed by atoms with Crippen LogP contribution in [0, 0.1) is 13.8 Å². The van der Waals surface area contributed by atoms with Gasteiger partial charge in [0.1, 0.15) is 0 Å². The maximum absolute atomic E-state index is 13.3. The minimum atomic E-state index is -3.84. The van der Waals surface area contributed by atoms with Crippen molar-refractivity contribution >= 4 is 26.8 Å². The zero-order valence-electron chi connectivity index (χ0n) is 24.7. The van der Waals surface area contributed by atoms with Crippen LogP contribution in [0.2, 0.25) is 0 Å². The van der Waals surface area contributed by atoms with Crippen LogP contribution in [0.25, 0.3) is 22.0 Å². The van der Waals surface area contributed by atoms with Crippen LogP contribution in [0.3, 0.4) is 0 Å². The van der Waals surface area contributed by atoms with Crippen LogP contribution in [-0.4, -0.2) is 18.9 Å². The van der Waals surface area contributed by atoms with Crippen molar-refractivity contribution in [3.8, 4) is 11.1 Å². The third-order valence-corrected chi connectivity index (χ3v) is 9.09. The second-order valence-corrected chi connectivity index (χ2v) is 12.8. The van der Waals surface area contributed by atoms with Crippen LogP contribution >= 0.6 is 0 Å². The lowest BCUT2D eigenvalue weighted by atomic mass is 9.98. The largest absolute Gasteiger partial charge is 0.346 e. The first-order valence-electron chi connectivity index (χ1n) is 14.2. The molecule has 0 saturated carbocycles. The van der Waals surface area contributed by atoms with Crippen LogP contribution in [0.4, 0.5) is 0 Å². The van der Waals surface area contributed by atoms with Crippen LogP contribution < -0.4 is 10.5 Å². The summed E-state index contributed by atoms with van der Waals surface area (Å²) in [5.41, 5.74) is 8.74. The van der Waals surface area contributed by atoms with E-state index in [0.717, 1.165) is 38.9 Å². The number of carbonyl (C=O) groups is 1. The molecule has 0 bridgehead atoms. The molecule has 3 N–H and O–H groups in total. The van der Waals surface area contributed by atoms with E-state index in [1.165, 1.54) is 11.6 Å². The lowest BCUT2D eigenvalue weighted by Gasteiger charge is -2.16. The average Bonchev–Trinajstić information content (AvgIpc) is 3.21. The highest BCUT2D eigenvalue weighted by atomic mass is 32.2. The van der Waals surface area contributed by atoms with Gasteiger partial charge in [0.25, 0.3) is 5.91 Å². The molecular formula is C35H37N3O3S. The molecule has 0 aliphatic carbocycles. The van der Waals surface area contributed by atoms with Gasteiger partial charge in [-0.1, -0.05) is 80.6 Å². The van der Waals surface area contributed by atoms with Gasteiger partial charge in [-0.05, 0) is 78.8 Å². The highest BCUT2D eigenvalue weighted by molar-refractivity contribution is 7.89. The molecule has 5 rings (SSSR count). The van der Waals surface area contributed by atoms with Gasteiger partial charge in [-0.3, -0.25) is 4.79 Å². The number of aryl methyl sites for hydroxylation is 1. The average molecular weight is 580 g/mol. The van der Waals surface area contributed by atoms with Crippen molar-refractivity contribution in [2.75, 3.05) is 0 Å². The second-order valence-electron chi connectivity index (χ2n) is 11.3. The first-order chi connectivity index (χ1) is 19.9. The van der Waals surface area contributed by atoms with Crippen molar-refractivity contribution in [3.63, 3.8) is 0 Å². The summed E-state index contributed by atoms with van der Waals surface area (Å²) in [4.78, 5) is 13.4. The SMILES string of the molecule is Cc1c(C)n(Cc2ccc(-c3ccccc3S(N)(=O)=O)cc2)c2ccc(C(=O)N[C@H](C)c3cccc(C(C)C)c3)cc12. The standard InChI is InChI=1S/C35H37N3O3S/c1-22(2)28-9-8-10-29(19-28)24(4)37-35(39)30-17-18-33-32(20-30)23(3)25(5)38(33)21-26-13-15-27(16-14-26)31-11-6-7-12-34(31)42(36,40)41/h6-20,22,24H,21H2,1-5H3,(H,37,39)(H2,36,40,41)/t24-/m1/s1. The normalized spacial score (nSPS) is 12.5. The first-order valence-corrected chi connectivity index (χ1v) is 15.7. The third kappa shape index (κ3) is 5.89. The summed E-state index contributed by atoms with van der Waals surface area (Å²) in [7, 11) is -3.84. The number of carbonyl (C=O) groups excluding carboxylic acids is 1. The topological polar surface area (TPSA) is 94.2 Å². The van der Waals surface area contributed by atoms with Crippen molar-refractivity contribution in [2.45, 2.75) is 58.0 Å².